The van der Waals surface area contributed by atoms with E-state index < -0.39 is 5.54 Å². The lowest BCUT2D eigenvalue weighted by Gasteiger charge is -2.18. The normalized spacial score (nSPS) is 11.3. The van der Waals surface area contributed by atoms with E-state index in [0.717, 1.165) is 5.56 Å². The van der Waals surface area contributed by atoms with Crippen LogP contribution in [0.5, 0.6) is 0 Å². The minimum Gasteiger partial charge on any atom is -0.354 e. The fraction of sp³-hybridized carbons (Fsp3) is 0.500. The molecule has 2 rings (SSSR count). The molecule has 1 amide bonds. The van der Waals surface area contributed by atoms with Gasteiger partial charge in [-0.15, -0.1) is 12.4 Å². The molecule has 1 heterocycles. The van der Waals surface area contributed by atoms with Crippen LogP contribution in [0.4, 0.5) is 0 Å². The van der Waals surface area contributed by atoms with Gasteiger partial charge in [0.25, 0.3) is 0 Å². The van der Waals surface area contributed by atoms with Crippen LogP contribution in [0, 0.1) is 0 Å². The lowest BCUT2D eigenvalue weighted by molar-refractivity contribution is -0.121. The van der Waals surface area contributed by atoms with Gasteiger partial charge >= 0.3 is 0 Å². The Labute approximate surface area is 155 Å². The number of halogens is 1. The minimum atomic E-state index is -0.421. The van der Waals surface area contributed by atoms with Crippen LogP contribution in [0.1, 0.15) is 51.5 Å². The van der Waals surface area contributed by atoms with E-state index in [1.54, 1.807) is 0 Å². The van der Waals surface area contributed by atoms with Crippen molar-refractivity contribution in [1.29, 1.82) is 0 Å². The van der Waals surface area contributed by atoms with Gasteiger partial charge in [0.2, 0.25) is 17.6 Å². The van der Waals surface area contributed by atoms with Crippen LogP contribution in [-0.2, 0) is 11.2 Å². The van der Waals surface area contributed by atoms with Crippen LogP contribution in [-0.4, -0.2) is 28.1 Å². The van der Waals surface area contributed by atoms with E-state index in [2.05, 4.69) is 41.4 Å². The lowest BCUT2D eigenvalue weighted by Crippen LogP contribution is -2.45. The van der Waals surface area contributed by atoms with Crippen molar-refractivity contribution in [2.75, 3.05) is 6.54 Å². The predicted octanol–water partition coefficient (Wildman–Crippen LogP) is 3.07. The molecule has 0 atom stereocenters. The first-order valence-corrected chi connectivity index (χ1v) is 8.23. The van der Waals surface area contributed by atoms with Gasteiger partial charge in [-0.1, -0.05) is 43.3 Å². The number of hydrogen-bond acceptors (Lipinski definition) is 5. The Morgan fingerprint density at radius 3 is 2.48 bits per heavy atom. The number of nitrogens with one attached hydrogen (secondary N) is 1. The molecule has 0 saturated carbocycles. The van der Waals surface area contributed by atoms with E-state index in [0.29, 0.717) is 37.0 Å². The highest BCUT2D eigenvalue weighted by molar-refractivity contribution is 5.85. The summed E-state index contributed by atoms with van der Waals surface area (Å²) < 4.78 is 5.23. The molecule has 0 radical (unpaired) electrons. The van der Waals surface area contributed by atoms with Gasteiger partial charge in [-0.3, -0.25) is 4.79 Å². The van der Waals surface area contributed by atoms with Crippen LogP contribution in [0.25, 0.3) is 11.4 Å². The molecule has 0 saturated heterocycles. The van der Waals surface area contributed by atoms with Crippen LogP contribution >= 0.6 is 12.4 Å². The molecule has 0 spiro atoms. The monoisotopic (exact) mass is 366 g/mol. The molecule has 25 heavy (non-hydrogen) atoms. The number of amides is 1. The Kier molecular flexibility index (Phi) is 7.58. The molecule has 2 aromatic rings. The highest BCUT2D eigenvalue weighted by Gasteiger charge is 2.14. The Bertz CT molecular complexity index is 675. The van der Waals surface area contributed by atoms with Crippen molar-refractivity contribution in [3.63, 3.8) is 0 Å². The second kappa shape index (κ2) is 8.97. The van der Waals surface area contributed by atoms with E-state index >= 15 is 0 Å². The molecule has 6 nitrogen and oxygen atoms in total. The standard InChI is InChI=1S/C18H26N4O2.ClH/c1-12(2)13-5-7-14(8-6-13)17-21-16(24-22-17)10-9-15(23)20-11-18(3,4)19;/h5-8,12H,9-11,19H2,1-4H3,(H,20,23);1H. The van der Waals surface area contributed by atoms with Gasteiger partial charge in [0.1, 0.15) is 0 Å². The van der Waals surface area contributed by atoms with Crippen molar-refractivity contribution in [1.82, 2.24) is 15.5 Å². The van der Waals surface area contributed by atoms with Crippen molar-refractivity contribution in [2.24, 2.45) is 5.73 Å². The van der Waals surface area contributed by atoms with Gasteiger partial charge in [0.15, 0.2) is 0 Å². The number of benzene rings is 1. The Morgan fingerprint density at radius 1 is 1.28 bits per heavy atom. The van der Waals surface area contributed by atoms with Crippen molar-refractivity contribution < 1.29 is 9.32 Å². The summed E-state index contributed by atoms with van der Waals surface area (Å²) >= 11 is 0. The highest BCUT2D eigenvalue weighted by Crippen LogP contribution is 2.20. The fourth-order valence-electron chi connectivity index (χ4n) is 2.13. The molecule has 7 heteroatoms. The second-order valence-electron chi connectivity index (χ2n) is 7.05. The highest BCUT2D eigenvalue weighted by atomic mass is 35.5. The Morgan fingerprint density at radius 2 is 1.92 bits per heavy atom. The first-order chi connectivity index (χ1) is 11.2. The van der Waals surface area contributed by atoms with E-state index in [1.807, 2.05) is 26.0 Å². The summed E-state index contributed by atoms with van der Waals surface area (Å²) in [4.78, 5) is 16.1. The summed E-state index contributed by atoms with van der Waals surface area (Å²) in [6.45, 7) is 8.46. The SMILES string of the molecule is CC(C)c1ccc(-c2noc(CCC(=O)NCC(C)(C)N)n2)cc1.Cl. The maximum absolute atomic E-state index is 11.8. The van der Waals surface area contributed by atoms with Gasteiger partial charge in [-0.2, -0.15) is 4.98 Å². The molecule has 0 aliphatic heterocycles. The van der Waals surface area contributed by atoms with E-state index in [-0.39, 0.29) is 18.3 Å². The summed E-state index contributed by atoms with van der Waals surface area (Å²) in [6.07, 6.45) is 0.706. The largest absolute Gasteiger partial charge is 0.354 e. The summed E-state index contributed by atoms with van der Waals surface area (Å²) in [5, 5.41) is 6.78. The van der Waals surface area contributed by atoms with Crippen molar-refractivity contribution in [2.45, 2.75) is 52.0 Å². The maximum atomic E-state index is 11.8. The first kappa shape index (κ1) is 21.1. The van der Waals surface area contributed by atoms with E-state index in [4.69, 9.17) is 10.3 Å². The summed E-state index contributed by atoms with van der Waals surface area (Å²) in [5.41, 5.74) is 7.58. The second-order valence-corrected chi connectivity index (χ2v) is 7.05. The topological polar surface area (TPSA) is 94.0 Å². The number of aromatic nitrogens is 2. The number of rotatable bonds is 7. The van der Waals surface area contributed by atoms with Gasteiger partial charge in [0.05, 0.1) is 0 Å². The summed E-state index contributed by atoms with van der Waals surface area (Å²) in [7, 11) is 0. The van der Waals surface area contributed by atoms with Crippen molar-refractivity contribution >= 4 is 18.3 Å². The number of nitrogens with two attached hydrogens (primary N) is 1. The first-order valence-electron chi connectivity index (χ1n) is 8.23. The number of aryl methyl sites for hydroxylation is 1. The Hall–Kier alpha value is -1.92. The van der Waals surface area contributed by atoms with Crippen LogP contribution in [0.3, 0.4) is 0 Å². The molecule has 1 aromatic carbocycles. The number of carbonyl (C=O) groups is 1. The van der Waals surface area contributed by atoms with Gasteiger partial charge in [-0.25, -0.2) is 0 Å². The number of hydrogen-bond donors (Lipinski definition) is 2. The third kappa shape index (κ3) is 6.84. The Balaban J connectivity index is 0.00000312. The van der Waals surface area contributed by atoms with Crippen molar-refractivity contribution in [3.05, 3.63) is 35.7 Å². The van der Waals surface area contributed by atoms with Crippen LogP contribution < -0.4 is 11.1 Å². The van der Waals surface area contributed by atoms with E-state index in [1.165, 1.54) is 5.56 Å². The molecular weight excluding hydrogens is 340 g/mol. The zero-order valence-electron chi connectivity index (χ0n) is 15.2. The average Bonchev–Trinajstić information content (AvgIpc) is 2.99. The maximum Gasteiger partial charge on any atom is 0.227 e. The minimum absolute atomic E-state index is 0. The van der Waals surface area contributed by atoms with E-state index in [9.17, 15) is 4.79 Å². The third-order valence-electron chi connectivity index (χ3n) is 3.61. The molecular formula is C18H27ClN4O2. The molecule has 0 aliphatic carbocycles. The molecule has 0 bridgehead atoms. The van der Waals surface area contributed by atoms with Crippen molar-refractivity contribution in [3.8, 4) is 11.4 Å². The zero-order valence-corrected chi connectivity index (χ0v) is 16.0. The zero-order chi connectivity index (χ0) is 17.7. The van der Waals surface area contributed by atoms with Crippen LogP contribution in [0.15, 0.2) is 28.8 Å². The molecule has 0 fully saturated rings. The summed E-state index contributed by atoms with van der Waals surface area (Å²) in [6, 6.07) is 8.11. The fourth-order valence-corrected chi connectivity index (χ4v) is 2.13. The van der Waals surface area contributed by atoms with Gasteiger partial charge in [-0.05, 0) is 25.3 Å². The smallest absolute Gasteiger partial charge is 0.227 e. The molecule has 3 N–H and O–H groups in total. The lowest BCUT2D eigenvalue weighted by atomic mass is 10.0. The molecule has 138 valence electrons. The quantitative estimate of drug-likeness (QED) is 0.785. The van der Waals surface area contributed by atoms with Gasteiger partial charge < -0.3 is 15.6 Å². The van der Waals surface area contributed by atoms with Crippen LogP contribution in [0.2, 0.25) is 0 Å². The van der Waals surface area contributed by atoms with Gasteiger partial charge in [0, 0.05) is 30.5 Å². The molecule has 0 unspecified atom stereocenters. The predicted molar refractivity (Wildman–Crippen MR) is 101 cm³/mol. The number of nitrogens with zero attached hydrogens (tertiary/aromatic N) is 2. The average molecular weight is 367 g/mol. The molecule has 1 aromatic heterocycles. The number of carbonyl (C=O) groups excluding carboxylic acids is 1. The third-order valence-corrected chi connectivity index (χ3v) is 3.61. The molecule has 0 aliphatic rings. The summed E-state index contributed by atoms with van der Waals surface area (Å²) in [5.74, 6) is 1.41.